The highest BCUT2D eigenvalue weighted by molar-refractivity contribution is 6.01. The van der Waals surface area contributed by atoms with Crippen LogP contribution in [0.3, 0.4) is 0 Å². The van der Waals surface area contributed by atoms with Gasteiger partial charge in [-0.1, -0.05) is 30.3 Å². The van der Waals surface area contributed by atoms with E-state index in [0.717, 1.165) is 5.56 Å². The molecule has 0 aromatic heterocycles. The van der Waals surface area contributed by atoms with E-state index >= 15 is 0 Å². The van der Waals surface area contributed by atoms with Crippen LogP contribution in [-0.4, -0.2) is 23.1 Å². The highest BCUT2D eigenvalue weighted by Gasteiger charge is 2.34. The van der Waals surface area contributed by atoms with Gasteiger partial charge in [-0.2, -0.15) is 0 Å². The largest absolute Gasteiger partial charge is 0.338 e. The Morgan fingerprint density at radius 2 is 2.06 bits per heavy atom. The molecule has 3 heteroatoms. The smallest absolute Gasteiger partial charge is 0.233 e. The summed E-state index contributed by atoms with van der Waals surface area (Å²) in [7, 11) is 0. The first-order chi connectivity index (χ1) is 7.68. The fourth-order valence-electron chi connectivity index (χ4n) is 2.08. The van der Waals surface area contributed by atoms with Crippen LogP contribution in [0.15, 0.2) is 30.3 Å². The van der Waals surface area contributed by atoms with E-state index < -0.39 is 5.92 Å². The summed E-state index contributed by atoms with van der Waals surface area (Å²) in [6.07, 6.45) is 0.668. The minimum absolute atomic E-state index is 0.0134. The number of ketones is 1. The predicted octanol–water partition coefficient (Wildman–Crippen LogP) is 1.62. The van der Waals surface area contributed by atoms with Crippen LogP contribution >= 0.6 is 0 Å². The summed E-state index contributed by atoms with van der Waals surface area (Å²) in [5.41, 5.74) is 1.11. The molecule has 0 radical (unpaired) electrons. The average Bonchev–Trinajstić information content (AvgIpc) is 2.62. The maximum absolute atomic E-state index is 11.9. The molecule has 0 bridgehead atoms. The number of hydrogen-bond donors (Lipinski definition) is 0. The van der Waals surface area contributed by atoms with Gasteiger partial charge >= 0.3 is 0 Å². The maximum atomic E-state index is 11.9. The van der Waals surface area contributed by atoms with Gasteiger partial charge in [-0.05, 0) is 18.9 Å². The first-order valence-corrected chi connectivity index (χ1v) is 5.51. The fraction of sp³-hybridized carbons (Fsp3) is 0.385. The monoisotopic (exact) mass is 217 g/mol. The van der Waals surface area contributed by atoms with E-state index in [2.05, 4.69) is 0 Å². The minimum atomic E-state index is -0.399. The fourth-order valence-corrected chi connectivity index (χ4v) is 2.08. The first-order valence-electron chi connectivity index (χ1n) is 5.51. The first kappa shape index (κ1) is 10.9. The van der Waals surface area contributed by atoms with Crippen molar-refractivity contribution in [3.8, 4) is 0 Å². The van der Waals surface area contributed by atoms with Gasteiger partial charge < -0.3 is 4.90 Å². The van der Waals surface area contributed by atoms with Gasteiger partial charge in [-0.25, -0.2) is 0 Å². The molecule has 1 aliphatic heterocycles. The van der Waals surface area contributed by atoms with Crippen LogP contribution < -0.4 is 0 Å². The van der Waals surface area contributed by atoms with E-state index in [-0.39, 0.29) is 11.7 Å². The molecule has 1 aromatic carbocycles. The van der Waals surface area contributed by atoms with Gasteiger partial charge in [-0.3, -0.25) is 9.59 Å². The second-order valence-corrected chi connectivity index (χ2v) is 4.20. The van der Waals surface area contributed by atoms with Crippen molar-refractivity contribution < 1.29 is 9.59 Å². The Hall–Kier alpha value is -1.64. The molecule has 1 atom stereocenters. The van der Waals surface area contributed by atoms with Gasteiger partial charge in [-0.15, -0.1) is 0 Å². The second-order valence-electron chi connectivity index (χ2n) is 4.20. The summed E-state index contributed by atoms with van der Waals surface area (Å²) < 4.78 is 0. The zero-order chi connectivity index (χ0) is 11.5. The van der Waals surface area contributed by atoms with Gasteiger partial charge in [0.1, 0.15) is 5.78 Å². The molecule has 0 N–H and O–H groups in total. The lowest BCUT2D eigenvalue weighted by atomic mass is 10.0. The molecule has 1 aromatic rings. The van der Waals surface area contributed by atoms with E-state index in [1.165, 1.54) is 6.92 Å². The van der Waals surface area contributed by atoms with Crippen LogP contribution in [0.1, 0.15) is 18.9 Å². The lowest BCUT2D eigenvalue weighted by molar-refractivity contribution is -0.136. The lowest BCUT2D eigenvalue weighted by Crippen LogP contribution is -2.29. The molecule has 3 nitrogen and oxygen atoms in total. The number of benzene rings is 1. The zero-order valence-corrected chi connectivity index (χ0v) is 9.35. The number of Topliss-reactive ketones (excluding diaryl/α,β-unsaturated/α-hetero) is 1. The topological polar surface area (TPSA) is 37.4 Å². The Morgan fingerprint density at radius 1 is 1.38 bits per heavy atom. The highest BCUT2D eigenvalue weighted by atomic mass is 16.2. The Labute approximate surface area is 95.1 Å². The van der Waals surface area contributed by atoms with Crippen LogP contribution in [0.2, 0.25) is 0 Å². The van der Waals surface area contributed by atoms with Crippen LogP contribution in [0, 0.1) is 5.92 Å². The van der Waals surface area contributed by atoms with E-state index in [0.29, 0.717) is 19.5 Å². The van der Waals surface area contributed by atoms with Crippen molar-refractivity contribution in [1.29, 1.82) is 0 Å². The van der Waals surface area contributed by atoms with Crippen molar-refractivity contribution in [2.45, 2.75) is 19.9 Å². The van der Waals surface area contributed by atoms with E-state index in [4.69, 9.17) is 0 Å². The summed E-state index contributed by atoms with van der Waals surface area (Å²) in [6.45, 7) is 2.80. The maximum Gasteiger partial charge on any atom is 0.233 e. The summed E-state index contributed by atoms with van der Waals surface area (Å²) in [5, 5.41) is 0. The molecule has 84 valence electrons. The average molecular weight is 217 g/mol. The third-order valence-corrected chi connectivity index (χ3v) is 3.00. The van der Waals surface area contributed by atoms with Gasteiger partial charge in [0.15, 0.2) is 0 Å². The number of rotatable bonds is 3. The number of carbonyl (C=O) groups excluding carboxylic acids is 2. The third-order valence-electron chi connectivity index (χ3n) is 3.00. The lowest BCUT2D eigenvalue weighted by Gasteiger charge is -2.16. The quantitative estimate of drug-likeness (QED) is 0.721. The van der Waals surface area contributed by atoms with Gasteiger partial charge in [0.25, 0.3) is 0 Å². The summed E-state index contributed by atoms with van der Waals surface area (Å²) in [6, 6.07) is 9.85. The van der Waals surface area contributed by atoms with Gasteiger partial charge in [0.05, 0.1) is 5.92 Å². The van der Waals surface area contributed by atoms with Crippen molar-refractivity contribution in [2.24, 2.45) is 5.92 Å². The molecular weight excluding hydrogens is 202 g/mol. The van der Waals surface area contributed by atoms with Gasteiger partial charge in [0, 0.05) is 13.1 Å². The Kier molecular flexibility index (Phi) is 3.04. The van der Waals surface area contributed by atoms with E-state index in [1.807, 2.05) is 30.3 Å². The van der Waals surface area contributed by atoms with Crippen LogP contribution in [0.25, 0.3) is 0 Å². The Bertz CT molecular complexity index is 400. The molecule has 0 saturated carbocycles. The third kappa shape index (κ3) is 2.13. The minimum Gasteiger partial charge on any atom is -0.338 e. The predicted molar refractivity (Wildman–Crippen MR) is 60.6 cm³/mol. The molecule has 0 aliphatic carbocycles. The molecule has 1 heterocycles. The highest BCUT2D eigenvalue weighted by Crippen LogP contribution is 2.20. The van der Waals surface area contributed by atoms with Crippen LogP contribution in [-0.2, 0) is 16.1 Å². The molecule has 1 amide bonds. The number of nitrogens with zero attached hydrogens (tertiary/aromatic N) is 1. The summed E-state index contributed by atoms with van der Waals surface area (Å²) in [5.74, 6) is -0.430. The molecule has 1 unspecified atom stereocenters. The van der Waals surface area contributed by atoms with Crippen molar-refractivity contribution in [1.82, 2.24) is 4.90 Å². The molecule has 0 spiro atoms. The SMILES string of the molecule is CC(=O)C1CCN(Cc2ccccc2)C1=O. The Balaban J connectivity index is 2.03. The number of likely N-dealkylation sites (tertiary alicyclic amines) is 1. The standard InChI is InChI=1S/C13H15NO2/c1-10(15)12-7-8-14(13(12)16)9-11-5-3-2-4-6-11/h2-6,12H,7-9H2,1H3. The number of carbonyl (C=O) groups is 2. The zero-order valence-electron chi connectivity index (χ0n) is 9.35. The number of amides is 1. The van der Waals surface area contributed by atoms with Gasteiger partial charge in [0.2, 0.25) is 5.91 Å². The van der Waals surface area contributed by atoms with Crippen molar-refractivity contribution in [3.05, 3.63) is 35.9 Å². The molecule has 1 saturated heterocycles. The summed E-state index contributed by atoms with van der Waals surface area (Å²) in [4.78, 5) is 24.8. The second kappa shape index (κ2) is 4.47. The van der Waals surface area contributed by atoms with Crippen molar-refractivity contribution in [2.75, 3.05) is 6.54 Å². The normalized spacial score (nSPS) is 20.2. The van der Waals surface area contributed by atoms with Crippen molar-refractivity contribution in [3.63, 3.8) is 0 Å². The van der Waals surface area contributed by atoms with Crippen LogP contribution in [0.5, 0.6) is 0 Å². The van der Waals surface area contributed by atoms with E-state index in [9.17, 15) is 9.59 Å². The molecular formula is C13H15NO2. The number of hydrogen-bond acceptors (Lipinski definition) is 2. The summed E-state index contributed by atoms with van der Waals surface area (Å²) >= 11 is 0. The van der Waals surface area contributed by atoms with E-state index in [1.54, 1.807) is 4.90 Å². The molecule has 16 heavy (non-hydrogen) atoms. The van der Waals surface area contributed by atoms with Crippen LogP contribution in [0.4, 0.5) is 0 Å². The van der Waals surface area contributed by atoms with Crippen molar-refractivity contribution >= 4 is 11.7 Å². The Morgan fingerprint density at radius 3 is 2.62 bits per heavy atom. The molecule has 1 aliphatic rings. The molecule has 1 fully saturated rings. The molecule has 2 rings (SSSR count).